The van der Waals surface area contributed by atoms with Crippen molar-refractivity contribution in [3.8, 4) is 0 Å². The molecule has 22 N–H and O–H groups in total. The SMILES string of the molecule is Cl.NCCCC[C@H](NC(=O)OCc1ccccc1Cl)C(=O)NCCNC(=O)CCN(CCC(=O)NCCNC(=O)[C@@H](N)CCCCNC(=O)OCc1ccccc1Cl)CC[C@@H](C(=O)NCCc1cc2ccccc2[nH]1)N(CCC(=O)NCCNC(=O)[C@@H](N)CCCCNC(=O)OCc1ccccc1Cl)CCC(=O)NCCNC(=O)[C@@H](N)CCCCNC(=O)OCc1ccccc1Cl. The normalized spacial score (nSPS) is 12.1. The molecular weight excluding hydrogens is 1810 g/mol. The number of carbonyl (C=O) groups is 13. The molecule has 0 aliphatic heterocycles. The van der Waals surface area contributed by atoms with Crippen LogP contribution in [0, 0.1) is 0 Å². The third-order valence-electron chi connectivity index (χ3n) is 20.8. The quantitative estimate of drug-likeness (QED) is 0.0145. The summed E-state index contributed by atoms with van der Waals surface area (Å²) in [6.07, 6.45) is 2.15. The number of hydrogen-bond donors (Lipinski definition) is 18. The summed E-state index contributed by atoms with van der Waals surface area (Å²) in [5.74, 6) is -4.20. The summed E-state index contributed by atoms with van der Waals surface area (Å²) in [5, 5.41) is 38.7. The van der Waals surface area contributed by atoms with E-state index in [9.17, 15) is 57.5 Å². The molecule has 0 bridgehead atoms. The Balaban J connectivity index is 0.0000308. The van der Waals surface area contributed by atoms with Crippen molar-refractivity contribution < 1.29 is 81.3 Å². The van der Waals surface area contributed by atoms with E-state index in [-0.39, 0.29) is 189 Å². The maximum atomic E-state index is 15.1. The third-order valence-corrected chi connectivity index (χ3v) is 22.2. The molecule has 5 atom stereocenters. The Morgan fingerprint density at radius 1 is 0.341 bits per heavy atom. The Hall–Kier alpha value is -10.8. The summed E-state index contributed by atoms with van der Waals surface area (Å²) < 4.78 is 21.1. The van der Waals surface area contributed by atoms with Gasteiger partial charge in [-0.3, -0.25) is 48.1 Å². The molecular formula is C90H129Cl5N20O17. The largest absolute Gasteiger partial charge is 0.445 e. The molecule has 13 amide bonds. The van der Waals surface area contributed by atoms with Crippen molar-refractivity contribution in [1.29, 1.82) is 0 Å². The number of rotatable bonds is 64. The third kappa shape index (κ3) is 47.0. The van der Waals surface area contributed by atoms with Gasteiger partial charge in [-0.05, 0) is 132 Å². The van der Waals surface area contributed by atoms with Crippen molar-refractivity contribution in [3.05, 3.63) is 175 Å². The Morgan fingerprint density at radius 3 is 1.05 bits per heavy atom. The predicted octanol–water partition coefficient (Wildman–Crippen LogP) is 6.41. The first-order valence-electron chi connectivity index (χ1n) is 44.3. The molecule has 42 heteroatoms. The Bertz CT molecular complexity index is 4420. The predicted molar refractivity (Wildman–Crippen MR) is 507 cm³/mol. The van der Waals surface area contributed by atoms with Crippen LogP contribution in [0.25, 0.3) is 10.9 Å². The highest BCUT2D eigenvalue weighted by Gasteiger charge is 2.30. The van der Waals surface area contributed by atoms with Gasteiger partial charge in [0.15, 0.2) is 0 Å². The number of alkyl carbamates (subject to hydrolysis) is 4. The lowest BCUT2D eigenvalue weighted by molar-refractivity contribution is -0.129. The van der Waals surface area contributed by atoms with E-state index in [2.05, 4.69) is 74.1 Å². The Labute approximate surface area is 796 Å². The Kier molecular flexibility index (Phi) is 55.6. The molecule has 0 unspecified atom stereocenters. The molecule has 0 saturated heterocycles. The fourth-order valence-electron chi connectivity index (χ4n) is 13.2. The zero-order valence-corrected chi connectivity index (χ0v) is 78.2. The number of aromatic nitrogens is 1. The van der Waals surface area contributed by atoms with Gasteiger partial charge in [-0.1, -0.05) is 137 Å². The number of carbonyl (C=O) groups excluding carboxylic acids is 13. The molecule has 6 aromatic rings. The van der Waals surface area contributed by atoms with Crippen molar-refractivity contribution in [1.82, 2.24) is 83.9 Å². The zero-order valence-electron chi connectivity index (χ0n) is 74.4. The molecule has 0 saturated carbocycles. The molecule has 5 aromatic carbocycles. The summed E-state index contributed by atoms with van der Waals surface area (Å²) in [6.45, 7) is 1.02. The molecule has 37 nitrogen and oxygen atoms in total. The van der Waals surface area contributed by atoms with Crippen LogP contribution in [0.1, 0.15) is 137 Å². The van der Waals surface area contributed by atoms with Crippen LogP contribution in [-0.4, -0.2) is 240 Å². The number of benzene rings is 5. The van der Waals surface area contributed by atoms with E-state index in [4.69, 9.17) is 88.3 Å². The highest BCUT2D eigenvalue weighted by molar-refractivity contribution is 6.32. The minimum absolute atomic E-state index is 0. The number of H-pyrrole nitrogens is 1. The maximum absolute atomic E-state index is 15.1. The van der Waals surface area contributed by atoms with Gasteiger partial charge in [-0.25, -0.2) is 19.2 Å². The lowest BCUT2D eigenvalue weighted by Crippen LogP contribution is -2.51. The first kappa shape index (κ1) is 112. The first-order chi connectivity index (χ1) is 63.2. The smallest absolute Gasteiger partial charge is 0.408 e. The summed E-state index contributed by atoms with van der Waals surface area (Å²) in [6, 6.07) is 32.7. The van der Waals surface area contributed by atoms with Crippen LogP contribution in [0.15, 0.2) is 127 Å². The average Bonchev–Trinajstić information content (AvgIpc) is 1.70. The number of unbranched alkanes of at least 4 members (excludes halogenated alkanes) is 4. The number of nitrogens with one attached hydrogen (secondary N) is 14. The minimum Gasteiger partial charge on any atom is -0.445 e. The van der Waals surface area contributed by atoms with Crippen LogP contribution in [0.2, 0.25) is 20.1 Å². The van der Waals surface area contributed by atoms with E-state index in [1.54, 1.807) is 102 Å². The number of para-hydroxylation sites is 1. The molecule has 132 heavy (non-hydrogen) atoms. The van der Waals surface area contributed by atoms with Crippen molar-refractivity contribution in [2.24, 2.45) is 22.9 Å². The first-order valence-corrected chi connectivity index (χ1v) is 45.8. The number of fused-ring (bicyclic) bond motifs is 1. The number of nitrogens with two attached hydrogens (primary N) is 4. The van der Waals surface area contributed by atoms with Crippen molar-refractivity contribution in [2.75, 3.05) is 118 Å². The number of hydrogen-bond acceptors (Lipinski definition) is 23. The van der Waals surface area contributed by atoms with Crippen LogP contribution < -0.4 is 92.1 Å². The zero-order chi connectivity index (χ0) is 94.8. The van der Waals surface area contributed by atoms with Gasteiger partial charge in [0, 0.05) is 197 Å². The second-order valence-corrected chi connectivity index (χ2v) is 32.5. The second-order valence-electron chi connectivity index (χ2n) is 30.9. The summed E-state index contributed by atoms with van der Waals surface area (Å²) in [7, 11) is 0. The topological polar surface area (TPSA) is 542 Å². The number of amides is 13. The average molecular weight is 1940 g/mol. The molecule has 726 valence electrons. The van der Waals surface area contributed by atoms with Gasteiger partial charge in [0.05, 0.1) is 24.2 Å². The van der Waals surface area contributed by atoms with E-state index < -0.39 is 108 Å². The van der Waals surface area contributed by atoms with Gasteiger partial charge in [-0.2, -0.15) is 0 Å². The van der Waals surface area contributed by atoms with Crippen LogP contribution in [-0.2, 0) is 94.9 Å². The number of halogens is 5. The van der Waals surface area contributed by atoms with Gasteiger partial charge < -0.3 is 121 Å². The molecule has 1 aromatic heterocycles. The molecule has 6 rings (SSSR count). The maximum Gasteiger partial charge on any atom is 0.408 e. The van der Waals surface area contributed by atoms with Gasteiger partial charge in [0.25, 0.3) is 0 Å². The fraction of sp³-hybridized carbons (Fsp3) is 0.500. The van der Waals surface area contributed by atoms with Crippen LogP contribution in [0.5, 0.6) is 0 Å². The van der Waals surface area contributed by atoms with Gasteiger partial charge in [-0.15, -0.1) is 12.4 Å². The van der Waals surface area contributed by atoms with E-state index in [0.717, 1.165) is 16.6 Å². The summed E-state index contributed by atoms with van der Waals surface area (Å²) in [4.78, 5) is 180. The monoisotopic (exact) mass is 1940 g/mol. The summed E-state index contributed by atoms with van der Waals surface area (Å²) in [5.41, 5.74) is 28.7. The van der Waals surface area contributed by atoms with Crippen LogP contribution in [0.4, 0.5) is 19.2 Å². The van der Waals surface area contributed by atoms with E-state index >= 15 is 4.79 Å². The van der Waals surface area contributed by atoms with E-state index in [1.807, 2.05) is 35.2 Å². The van der Waals surface area contributed by atoms with Gasteiger partial charge in [0.1, 0.15) is 32.5 Å². The standard InChI is InChI=1S/C90H128Cl4N20O17.ClH/c91-68-24-6-1-20-63(68)58-128-87(124)108-40-16-12-28-72(96)82(119)104-48-44-99-78(115)35-53-113(54-36-79(116)100-47-51-107-85(122)76(32-11-15-39-95)112-90(127)131-61-66-23-4-9-27-71(66)94)52-34-77(86(123)103-43-33-67-57-62-19-5-10-31-75(62)111-67)114(55-37-80(117)101-45-49-105-83(120)73(97)29-13-17-41-109-88(125)129-59-64-21-2-7-25-69(64)92)56-38-81(118)102-46-50-106-84(121)74(98)30-14-18-42-110-89(126)130-60-65-22-3-8-26-70(65)93;/h1-10,19-27,31,57,72-74,76-77,111H,11-18,28-30,32-56,58-61,95-98H2,(H,99,115)(H,100,116)(H,101,117)(H,102,118)(H,103,123)(H,104,119)(H,105,120)(H,106,121)(H,107,122)(H,108,124)(H,109,125)(H,110,126)(H,112,127);1H/t72-,73-,74-,76-,77-;/m0./s1. The van der Waals surface area contributed by atoms with Crippen molar-refractivity contribution >= 4 is 147 Å². The number of aromatic amines is 1. The van der Waals surface area contributed by atoms with Gasteiger partial charge in [0.2, 0.25) is 53.2 Å². The molecule has 0 spiro atoms. The minimum atomic E-state index is -1.08. The lowest BCUT2D eigenvalue weighted by atomic mass is 10.1. The van der Waals surface area contributed by atoms with E-state index in [1.165, 1.54) is 0 Å². The second kappa shape index (κ2) is 65.7. The number of nitrogens with zero attached hydrogens (tertiary/aromatic N) is 2. The molecule has 0 radical (unpaired) electrons. The highest BCUT2D eigenvalue weighted by atomic mass is 35.5. The van der Waals surface area contributed by atoms with E-state index in [0.29, 0.717) is 126 Å². The lowest BCUT2D eigenvalue weighted by Gasteiger charge is -2.32. The summed E-state index contributed by atoms with van der Waals surface area (Å²) >= 11 is 24.8. The van der Waals surface area contributed by atoms with Crippen molar-refractivity contribution in [3.63, 3.8) is 0 Å². The van der Waals surface area contributed by atoms with Gasteiger partial charge >= 0.3 is 24.4 Å². The van der Waals surface area contributed by atoms with Crippen LogP contribution >= 0.6 is 58.8 Å². The Morgan fingerprint density at radius 2 is 0.674 bits per heavy atom. The highest BCUT2D eigenvalue weighted by Crippen LogP contribution is 2.22. The molecule has 0 aliphatic carbocycles. The molecule has 1 heterocycles. The number of ether oxygens (including phenoxy) is 4. The fourth-order valence-corrected chi connectivity index (χ4v) is 14.0. The van der Waals surface area contributed by atoms with Crippen molar-refractivity contribution in [2.45, 2.75) is 172 Å². The van der Waals surface area contributed by atoms with Crippen LogP contribution in [0.3, 0.4) is 0 Å². The molecule has 0 aliphatic rings. The molecule has 0 fully saturated rings.